The first kappa shape index (κ1) is 17.9. The van der Waals surface area contributed by atoms with Crippen molar-refractivity contribution in [2.24, 2.45) is 0 Å². The highest BCUT2D eigenvalue weighted by Crippen LogP contribution is 2.26. The predicted molar refractivity (Wildman–Crippen MR) is 101 cm³/mol. The van der Waals surface area contributed by atoms with Gasteiger partial charge in [-0.15, -0.1) is 11.8 Å². The summed E-state index contributed by atoms with van der Waals surface area (Å²) in [7, 11) is 0. The highest BCUT2D eigenvalue weighted by molar-refractivity contribution is 8.00. The highest BCUT2D eigenvalue weighted by Gasteiger charge is 2.16. The van der Waals surface area contributed by atoms with Crippen molar-refractivity contribution in [2.75, 3.05) is 5.32 Å². The largest absolute Gasteiger partial charge is 0.325 e. The number of anilines is 1. The van der Waals surface area contributed by atoms with Gasteiger partial charge in [-0.25, -0.2) is 0 Å². The zero-order chi connectivity index (χ0) is 17.0. The van der Waals surface area contributed by atoms with Gasteiger partial charge in [0.2, 0.25) is 5.91 Å². The Labute approximate surface area is 147 Å². The zero-order valence-corrected chi connectivity index (χ0v) is 15.5. The van der Waals surface area contributed by atoms with Crippen molar-refractivity contribution in [1.29, 1.82) is 0 Å². The lowest BCUT2D eigenvalue weighted by Gasteiger charge is -2.19. The van der Waals surface area contributed by atoms with Gasteiger partial charge in [0, 0.05) is 15.6 Å². The summed E-state index contributed by atoms with van der Waals surface area (Å²) in [5.41, 5.74) is 2.19. The van der Waals surface area contributed by atoms with Crippen LogP contribution in [0.5, 0.6) is 0 Å². The highest BCUT2D eigenvalue weighted by atomic mass is 35.5. The van der Waals surface area contributed by atoms with Crippen LogP contribution in [0.3, 0.4) is 0 Å². The molecular weight excluding hydrogens is 326 g/mol. The van der Waals surface area contributed by atoms with Gasteiger partial charge in [0.1, 0.15) is 0 Å². The molecule has 1 amide bonds. The minimum absolute atomic E-state index is 0.00606. The molecule has 23 heavy (non-hydrogen) atoms. The molecule has 122 valence electrons. The standard InChI is InChI=1S/C19H22ClNOS/c1-13(23-17-11-7-15(20)8-12-17)18(22)21-16-9-5-14(6-10-16)19(2,3)4/h5-13H,1-4H3,(H,21,22). The molecule has 2 aromatic carbocycles. The maximum atomic E-state index is 12.3. The van der Waals surface area contributed by atoms with Crippen LogP contribution in [0.15, 0.2) is 53.4 Å². The summed E-state index contributed by atoms with van der Waals surface area (Å²) >= 11 is 7.39. The molecule has 0 spiro atoms. The van der Waals surface area contributed by atoms with E-state index in [1.807, 2.05) is 43.3 Å². The van der Waals surface area contributed by atoms with E-state index in [9.17, 15) is 4.79 Å². The number of carbonyl (C=O) groups excluding carboxylic acids is 1. The van der Waals surface area contributed by atoms with Gasteiger partial charge < -0.3 is 5.32 Å². The first-order valence-electron chi connectivity index (χ1n) is 7.59. The lowest BCUT2D eigenvalue weighted by Crippen LogP contribution is -2.22. The van der Waals surface area contributed by atoms with Crippen LogP contribution < -0.4 is 5.32 Å². The molecule has 4 heteroatoms. The summed E-state index contributed by atoms with van der Waals surface area (Å²) in [5, 5.41) is 3.48. The van der Waals surface area contributed by atoms with E-state index in [0.29, 0.717) is 5.02 Å². The fraction of sp³-hybridized carbons (Fsp3) is 0.316. The van der Waals surface area contributed by atoms with Crippen LogP contribution in [0.25, 0.3) is 0 Å². The Balaban J connectivity index is 1.96. The normalized spacial score (nSPS) is 12.7. The second kappa shape index (κ2) is 7.41. The monoisotopic (exact) mass is 347 g/mol. The molecule has 0 aliphatic rings. The number of amides is 1. The van der Waals surface area contributed by atoms with Crippen LogP contribution in [0, 0.1) is 0 Å². The SMILES string of the molecule is CC(Sc1ccc(Cl)cc1)C(=O)Nc1ccc(C(C)(C)C)cc1. The van der Waals surface area contributed by atoms with E-state index in [1.165, 1.54) is 17.3 Å². The Morgan fingerprint density at radius 2 is 1.61 bits per heavy atom. The first-order chi connectivity index (χ1) is 10.8. The smallest absolute Gasteiger partial charge is 0.237 e. The van der Waals surface area contributed by atoms with E-state index in [1.54, 1.807) is 0 Å². The van der Waals surface area contributed by atoms with Crippen molar-refractivity contribution in [3.63, 3.8) is 0 Å². The Morgan fingerprint density at radius 1 is 1.04 bits per heavy atom. The third kappa shape index (κ3) is 5.29. The Morgan fingerprint density at radius 3 is 2.13 bits per heavy atom. The summed E-state index contributed by atoms with van der Waals surface area (Å²) in [6.45, 7) is 8.42. The molecule has 2 nitrogen and oxygen atoms in total. The van der Waals surface area contributed by atoms with Crippen LogP contribution in [-0.2, 0) is 10.2 Å². The number of benzene rings is 2. The lowest BCUT2D eigenvalue weighted by molar-refractivity contribution is -0.115. The second-order valence-electron chi connectivity index (χ2n) is 6.53. The molecule has 0 heterocycles. The number of halogens is 1. The summed E-state index contributed by atoms with van der Waals surface area (Å²) in [5.74, 6) is -0.00606. The molecule has 0 aliphatic carbocycles. The minimum Gasteiger partial charge on any atom is -0.325 e. The Kier molecular flexibility index (Phi) is 5.77. The third-order valence-electron chi connectivity index (χ3n) is 3.51. The summed E-state index contributed by atoms with van der Waals surface area (Å²) < 4.78 is 0. The van der Waals surface area contributed by atoms with Crippen LogP contribution in [0.1, 0.15) is 33.3 Å². The quantitative estimate of drug-likeness (QED) is 0.712. The zero-order valence-electron chi connectivity index (χ0n) is 13.9. The van der Waals surface area contributed by atoms with Gasteiger partial charge in [-0.2, -0.15) is 0 Å². The third-order valence-corrected chi connectivity index (χ3v) is 4.88. The van der Waals surface area contributed by atoms with Crippen molar-refractivity contribution >= 4 is 35.0 Å². The number of nitrogens with one attached hydrogen (secondary N) is 1. The fourth-order valence-electron chi connectivity index (χ4n) is 2.07. The summed E-state index contributed by atoms with van der Waals surface area (Å²) in [4.78, 5) is 13.3. The Bertz CT molecular complexity index is 659. The first-order valence-corrected chi connectivity index (χ1v) is 8.85. The number of rotatable bonds is 4. The van der Waals surface area contributed by atoms with Gasteiger partial charge in [0.25, 0.3) is 0 Å². The van der Waals surface area contributed by atoms with Gasteiger partial charge in [-0.05, 0) is 54.3 Å². The van der Waals surface area contributed by atoms with Gasteiger partial charge in [0.15, 0.2) is 0 Å². The molecule has 0 fully saturated rings. The molecule has 2 rings (SSSR count). The van der Waals surface area contributed by atoms with Crippen LogP contribution in [0.4, 0.5) is 5.69 Å². The second-order valence-corrected chi connectivity index (χ2v) is 8.38. The van der Waals surface area contributed by atoms with E-state index in [2.05, 4.69) is 38.2 Å². The lowest BCUT2D eigenvalue weighted by atomic mass is 9.87. The molecule has 1 atom stereocenters. The molecule has 1 N–H and O–H groups in total. The molecule has 1 unspecified atom stereocenters. The maximum absolute atomic E-state index is 12.3. The van der Waals surface area contributed by atoms with E-state index in [4.69, 9.17) is 11.6 Å². The molecule has 0 aliphatic heterocycles. The predicted octanol–water partition coefficient (Wildman–Crippen LogP) is 5.76. The van der Waals surface area contributed by atoms with Crippen molar-refractivity contribution in [3.05, 3.63) is 59.1 Å². The Hall–Kier alpha value is -1.45. The van der Waals surface area contributed by atoms with E-state index in [0.717, 1.165) is 10.6 Å². The maximum Gasteiger partial charge on any atom is 0.237 e. The van der Waals surface area contributed by atoms with Crippen molar-refractivity contribution < 1.29 is 4.79 Å². The van der Waals surface area contributed by atoms with Crippen molar-refractivity contribution in [3.8, 4) is 0 Å². The van der Waals surface area contributed by atoms with Gasteiger partial charge in [0.05, 0.1) is 5.25 Å². The number of thioether (sulfide) groups is 1. The average Bonchev–Trinajstić information content (AvgIpc) is 2.49. The minimum atomic E-state index is -0.182. The summed E-state index contributed by atoms with van der Waals surface area (Å²) in [6, 6.07) is 15.6. The van der Waals surface area contributed by atoms with Crippen LogP contribution in [-0.4, -0.2) is 11.2 Å². The molecule has 0 bridgehead atoms. The van der Waals surface area contributed by atoms with Crippen LogP contribution in [0.2, 0.25) is 5.02 Å². The number of hydrogen-bond acceptors (Lipinski definition) is 2. The van der Waals surface area contributed by atoms with Gasteiger partial charge in [-0.1, -0.05) is 44.5 Å². The van der Waals surface area contributed by atoms with E-state index < -0.39 is 0 Å². The molecular formula is C19H22ClNOS. The topological polar surface area (TPSA) is 29.1 Å². The molecule has 0 aromatic heterocycles. The average molecular weight is 348 g/mol. The molecule has 2 aromatic rings. The molecule has 0 saturated carbocycles. The van der Waals surface area contributed by atoms with Gasteiger partial charge in [-0.3, -0.25) is 4.79 Å². The van der Waals surface area contributed by atoms with Crippen molar-refractivity contribution in [2.45, 2.75) is 43.3 Å². The van der Waals surface area contributed by atoms with E-state index in [-0.39, 0.29) is 16.6 Å². The molecule has 0 radical (unpaired) electrons. The fourth-order valence-corrected chi connectivity index (χ4v) is 3.06. The van der Waals surface area contributed by atoms with Crippen LogP contribution >= 0.6 is 23.4 Å². The summed E-state index contributed by atoms with van der Waals surface area (Å²) in [6.07, 6.45) is 0. The molecule has 0 saturated heterocycles. The van der Waals surface area contributed by atoms with E-state index >= 15 is 0 Å². The number of hydrogen-bond donors (Lipinski definition) is 1. The van der Waals surface area contributed by atoms with Crippen molar-refractivity contribution in [1.82, 2.24) is 0 Å². The van der Waals surface area contributed by atoms with Gasteiger partial charge >= 0.3 is 0 Å². The number of carbonyl (C=O) groups is 1.